The van der Waals surface area contributed by atoms with Gasteiger partial charge in [0.25, 0.3) is 0 Å². The van der Waals surface area contributed by atoms with E-state index >= 15 is 0 Å². The summed E-state index contributed by atoms with van der Waals surface area (Å²) in [7, 11) is 0. The van der Waals surface area contributed by atoms with Crippen molar-refractivity contribution in [2.75, 3.05) is 31.1 Å². The Balaban J connectivity index is 1.38. The lowest BCUT2D eigenvalue weighted by Crippen LogP contribution is -2.40. The van der Waals surface area contributed by atoms with Crippen molar-refractivity contribution in [3.05, 3.63) is 41.6 Å². The van der Waals surface area contributed by atoms with Crippen LogP contribution in [0, 0.1) is 6.92 Å². The fraction of sp³-hybridized carbons (Fsp3) is 0.435. The van der Waals surface area contributed by atoms with Gasteiger partial charge in [-0.05, 0) is 63.0 Å². The summed E-state index contributed by atoms with van der Waals surface area (Å²) in [4.78, 5) is 25.8. The molecule has 0 amide bonds. The van der Waals surface area contributed by atoms with Crippen LogP contribution in [0.5, 0.6) is 0 Å². The number of anilines is 1. The minimum atomic E-state index is -0.993. The number of thiazole rings is 1. The second kappa shape index (κ2) is 7.96. The van der Waals surface area contributed by atoms with Crippen LogP contribution in [0.1, 0.15) is 41.7 Å². The predicted octanol–water partition coefficient (Wildman–Crippen LogP) is 4.43. The topological polar surface area (TPSA) is 69.6 Å². The van der Waals surface area contributed by atoms with Gasteiger partial charge < -0.3 is 10.0 Å². The van der Waals surface area contributed by atoms with Crippen LogP contribution in [0.15, 0.2) is 30.3 Å². The van der Waals surface area contributed by atoms with E-state index in [1.54, 1.807) is 18.3 Å². The van der Waals surface area contributed by atoms with E-state index in [1.165, 1.54) is 38.8 Å². The molecule has 6 nitrogen and oxygen atoms in total. The lowest BCUT2D eigenvalue weighted by molar-refractivity contribution is 0.0690. The quantitative estimate of drug-likeness (QED) is 0.671. The monoisotopic (exact) mass is 422 g/mol. The molecule has 2 aliphatic rings. The van der Waals surface area contributed by atoms with E-state index in [2.05, 4.69) is 20.9 Å². The molecule has 1 N–H and O–H groups in total. The van der Waals surface area contributed by atoms with Gasteiger partial charge in [-0.15, -0.1) is 0 Å². The highest BCUT2D eigenvalue weighted by Gasteiger charge is 2.30. The Hall–Kier alpha value is -2.51. The van der Waals surface area contributed by atoms with Crippen molar-refractivity contribution in [2.45, 2.75) is 38.6 Å². The SMILES string of the molecule is Cc1ccc(-c2ccc3nc(N4CC[C@@H](N5CCCCC5)C4)sc3c2)nc1C(=O)O. The van der Waals surface area contributed by atoms with Gasteiger partial charge in [0.1, 0.15) is 0 Å². The first-order valence-electron chi connectivity index (χ1n) is 10.7. The molecule has 156 valence electrons. The van der Waals surface area contributed by atoms with Gasteiger partial charge in [-0.25, -0.2) is 14.8 Å². The van der Waals surface area contributed by atoms with E-state index < -0.39 is 5.97 Å². The first kappa shape index (κ1) is 19.5. The first-order valence-corrected chi connectivity index (χ1v) is 11.5. The molecule has 1 atom stereocenters. The van der Waals surface area contributed by atoms with Crippen LogP contribution in [0.3, 0.4) is 0 Å². The summed E-state index contributed by atoms with van der Waals surface area (Å²) < 4.78 is 1.11. The van der Waals surface area contributed by atoms with Crippen LogP contribution >= 0.6 is 11.3 Å². The van der Waals surface area contributed by atoms with Crippen molar-refractivity contribution in [3.63, 3.8) is 0 Å². The number of carboxylic acid groups (broad SMARTS) is 1. The zero-order valence-corrected chi connectivity index (χ0v) is 18.0. The fourth-order valence-electron chi connectivity index (χ4n) is 4.61. The van der Waals surface area contributed by atoms with E-state index in [9.17, 15) is 9.90 Å². The lowest BCUT2D eigenvalue weighted by Gasteiger charge is -2.32. The van der Waals surface area contributed by atoms with Crippen molar-refractivity contribution >= 4 is 32.7 Å². The highest BCUT2D eigenvalue weighted by Crippen LogP contribution is 2.34. The van der Waals surface area contributed by atoms with E-state index in [-0.39, 0.29) is 5.69 Å². The molecule has 2 fully saturated rings. The van der Waals surface area contributed by atoms with Crippen molar-refractivity contribution in [1.29, 1.82) is 0 Å². The number of pyridine rings is 1. The molecule has 0 aliphatic carbocycles. The number of fused-ring (bicyclic) bond motifs is 1. The number of piperidine rings is 1. The average molecular weight is 423 g/mol. The number of nitrogens with zero attached hydrogens (tertiary/aromatic N) is 4. The Morgan fingerprint density at radius 2 is 1.93 bits per heavy atom. The van der Waals surface area contributed by atoms with Crippen molar-refractivity contribution in [3.8, 4) is 11.3 Å². The second-order valence-electron chi connectivity index (χ2n) is 8.33. The Bertz CT molecular complexity index is 1090. The van der Waals surface area contributed by atoms with Crippen LogP contribution in [-0.4, -0.2) is 58.2 Å². The maximum absolute atomic E-state index is 11.4. The zero-order valence-electron chi connectivity index (χ0n) is 17.2. The van der Waals surface area contributed by atoms with Crippen LogP contribution < -0.4 is 4.90 Å². The summed E-state index contributed by atoms with van der Waals surface area (Å²) >= 11 is 1.72. The highest BCUT2D eigenvalue weighted by atomic mass is 32.1. The van der Waals surface area contributed by atoms with Crippen molar-refractivity contribution < 1.29 is 9.90 Å². The van der Waals surface area contributed by atoms with Crippen LogP contribution in [-0.2, 0) is 0 Å². The van der Waals surface area contributed by atoms with Gasteiger partial charge in [0.15, 0.2) is 10.8 Å². The molecule has 2 aliphatic heterocycles. The minimum Gasteiger partial charge on any atom is -0.477 e. The molecule has 0 spiro atoms. The minimum absolute atomic E-state index is 0.110. The maximum Gasteiger partial charge on any atom is 0.354 e. The number of carboxylic acids is 1. The third-order valence-corrected chi connectivity index (χ3v) is 7.39. The summed E-state index contributed by atoms with van der Waals surface area (Å²) in [5, 5.41) is 10.5. The molecular formula is C23H26N4O2S. The molecule has 5 rings (SSSR count). The van der Waals surface area contributed by atoms with Gasteiger partial charge >= 0.3 is 5.97 Å². The average Bonchev–Trinajstić information content (AvgIpc) is 3.41. The molecule has 2 saturated heterocycles. The lowest BCUT2D eigenvalue weighted by atomic mass is 10.1. The zero-order chi connectivity index (χ0) is 20.7. The molecule has 1 aromatic carbocycles. The van der Waals surface area contributed by atoms with Crippen LogP contribution in [0.4, 0.5) is 5.13 Å². The number of aromatic nitrogens is 2. The molecule has 0 radical (unpaired) electrons. The molecular weight excluding hydrogens is 396 g/mol. The summed E-state index contributed by atoms with van der Waals surface area (Å²) in [6.45, 7) is 6.38. The van der Waals surface area contributed by atoms with Crippen LogP contribution in [0.2, 0.25) is 0 Å². The van der Waals surface area contributed by atoms with E-state index in [0.717, 1.165) is 34.0 Å². The molecule has 0 saturated carbocycles. The Labute approximate surface area is 180 Å². The number of hydrogen-bond acceptors (Lipinski definition) is 6. The van der Waals surface area contributed by atoms with Gasteiger partial charge in [-0.2, -0.15) is 0 Å². The third kappa shape index (κ3) is 3.68. The molecule has 0 bridgehead atoms. The second-order valence-corrected chi connectivity index (χ2v) is 9.34. The standard InChI is InChI=1S/C23H26N4O2S/c1-15-5-7-18(24-21(15)22(28)29)16-6-8-19-20(13-16)30-23(25-19)27-12-9-17(14-27)26-10-3-2-4-11-26/h5-8,13,17H,2-4,9-12,14H2,1H3,(H,28,29)/t17-/m1/s1. The third-order valence-electron chi connectivity index (χ3n) is 6.31. The molecule has 4 heterocycles. The smallest absolute Gasteiger partial charge is 0.354 e. The number of hydrogen-bond donors (Lipinski definition) is 1. The molecule has 7 heteroatoms. The molecule has 3 aromatic rings. The summed E-state index contributed by atoms with van der Waals surface area (Å²) in [5.41, 5.74) is 3.38. The number of carbonyl (C=O) groups is 1. The van der Waals surface area contributed by atoms with Crippen molar-refractivity contribution in [2.24, 2.45) is 0 Å². The van der Waals surface area contributed by atoms with Gasteiger partial charge in [0.2, 0.25) is 0 Å². The molecule has 30 heavy (non-hydrogen) atoms. The van der Waals surface area contributed by atoms with Gasteiger partial charge in [0, 0.05) is 24.7 Å². The number of likely N-dealkylation sites (tertiary alicyclic amines) is 1. The number of aromatic carboxylic acids is 1. The van der Waals surface area contributed by atoms with Crippen molar-refractivity contribution in [1.82, 2.24) is 14.9 Å². The van der Waals surface area contributed by atoms with E-state index in [4.69, 9.17) is 4.98 Å². The molecule has 0 unspecified atom stereocenters. The summed E-state index contributed by atoms with van der Waals surface area (Å²) in [6.07, 6.45) is 5.25. The number of benzene rings is 1. The summed E-state index contributed by atoms with van der Waals surface area (Å²) in [5.74, 6) is -0.993. The van der Waals surface area contributed by atoms with Gasteiger partial charge in [-0.1, -0.05) is 29.9 Å². The van der Waals surface area contributed by atoms with Crippen LogP contribution in [0.25, 0.3) is 21.5 Å². The van der Waals surface area contributed by atoms with Gasteiger partial charge in [0.05, 0.1) is 15.9 Å². The number of aryl methyl sites for hydroxylation is 1. The number of rotatable bonds is 4. The first-order chi connectivity index (χ1) is 14.6. The highest BCUT2D eigenvalue weighted by molar-refractivity contribution is 7.22. The molecule has 2 aromatic heterocycles. The summed E-state index contributed by atoms with van der Waals surface area (Å²) in [6, 6.07) is 10.4. The maximum atomic E-state index is 11.4. The fourth-order valence-corrected chi connectivity index (χ4v) is 5.65. The normalized spacial score (nSPS) is 20.2. The predicted molar refractivity (Wildman–Crippen MR) is 121 cm³/mol. The van der Waals surface area contributed by atoms with E-state index in [0.29, 0.717) is 17.3 Å². The van der Waals surface area contributed by atoms with Gasteiger partial charge in [-0.3, -0.25) is 4.90 Å². The Morgan fingerprint density at radius 3 is 2.73 bits per heavy atom. The Morgan fingerprint density at radius 1 is 1.10 bits per heavy atom. The Kier molecular flexibility index (Phi) is 5.16. The largest absolute Gasteiger partial charge is 0.477 e. The van der Waals surface area contributed by atoms with E-state index in [1.807, 2.05) is 24.3 Å².